The highest BCUT2D eigenvalue weighted by atomic mass is 16.2. The van der Waals surface area contributed by atoms with Crippen molar-refractivity contribution in [1.82, 2.24) is 14.8 Å². The molecule has 1 aromatic rings. The van der Waals surface area contributed by atoms with E-state index in [4.69, 9.17) is 0 Å². The van der Waals surface area contributed by atoms with E-state index in [2.05, 4.69) is 16.4 Å². The number of pyridine rings is 1. The number of amides is 2. The van der Waals surface area contributed by atoms with Gasteiger partial charge in [-0.15, -0.1) is 0 Å². The third-order valence-electron chi connectivity index (χ3n) is 4.89. The van der Waals surface area contributed by atoms with Gasteiger partial charge in [0, 0.05) is 32.7 Å². The number of carbonyl (C=O) groups is 2. The number of piperazine rings is 1. The summed E-state index contributed by atoms with van der Waals surface area (Å²) in [4.78, 5) is 30.9. The average molecular weight is 342 g/mol. The summed E-state index contributed by atoms with van der Waals surface area (Å²) < 4.78 is 0. The zero-order valence-electron chi connectivity index (χ0n) is 14.6. The summed E-state index contributed by atoms with van der Waals surface area (Å²) in [6.45, 7) is 3.20. The standard InChI is InChI=1S/C19H26N4O2/c24-15-22-10-12-23(13-11-22)19(25)18-7-6-17(14-21-18)20-9-8-16-4-2-1-3-5-16/h4,6-7,14-15,20H,1-3,5,8-13H2. The number of carbonyl (C=O) groups excluding carboxylic acids is 2. The highest BCUT2D eigenvalue weighted by molar-refractivity contribution is 5.92. The van der Waals surface area contributed by atoms with Crippen LogP contribution in [0, 0.1) is 0 Å². The van der Waals surface area contributed by atoms with Crippen molar-refractivity contribution in [1.29, 1.82) is 0 Å². The van der Waals surface area contributed by atoms with E-state index < -0.39 is 0 Å². The Bertz CT molecular complexity index is 619. The highest BCUT2D eigenvalue weighted by Gasteiger charge is 2.22. The van der Waals surface area contributed by atoms with Gasteiger partial charge in [0.15, 0.2) is 0 Å². The number of aromatic nitrogens is 1. The summed E-state index contributed by atoms with van der Waals surface area (Å²) in [6, 6.07) is 3.69. The number of nitrogens with one attached hydrogen (secondary N) is 1. The van der Waals surface area contributed by atoms with Gasteiger partial charge in [-0.25, -0.2) is 4.98 Å². The van der Waals surface area contributed by atoms with Crippen LogP contribution in [0.3, 0.4) is 0 Å². The van der Waals surface area contributed by atoms with Gasteiger partial charge in [0.25, 0.3) is 5.91 Å². The second-order valence-electron chi connectivity index (χ2n) is 6.65. The first-order valence-electron chi connectivity index (χ1n) is 9.13. The van der Waals surface area contributed by atoms with E-state index >= 15 is 0 Å². The molecule has 2 amide bonds. The smallest absolute Gasteiger partial charge is 0.272 e. The van der Waals surface area contributed by atoms with Crippen molar-refractivity contribution in [2.45, 2.75) is 32.1 Å². The van der Waals surface area contributed by atoms with Crippen LogP contribution in [0.15, 0.2) is 30.0 Å². The average Bonchev–Trinajstić information content (AvgIpc) is 2.69. The first-order valence-corrected chi connectivity index (χ1v) is 9.13. The molecule has 0 aromatic carbocycles. The molecule has 0 saturated carbocycles. The van der Waals surface area contributed by atoms with Gasteiger partial charge in [0.05, 0.1) is 11.9 Å². The largest absolute Gasteiger partial charge is 0.383 e. The molecule has 1 aromatic heterocycles. The molecule has 1 aliphatic carbocycles. The van der Waals surface area contributed by atoms with Gasteiger partial charge < -0.3 is 15.1 Å². The zero-order chi connectivity index (χ0) is 17.5. The normalized spacial score (nSPS) is 17.8. The minimum absolute atomic E-state index is 0.0653. The molecule has 0 bridgehead atoms. The Labute approximate surface area is 148 Å². The maximum Gasteiger partial charge on any atom is 0.272 e. The molecule has 1 fully saturated rings. The predicted molar refractivity (Wildman–Crippen MR) is 97.4 cm³/mol. The first-order chi connectivity index (χ1) is 12.3. The van der Waals surface area contributed by atoms with Crippen LogP contribution in [-0.2, 0) is 4.79 Å². The third kappa shape index (κ3) is 4.81. The highest BCUT2D eigenvalue weighted by Crippen LogP contribution is 2.20. The lowest BCUT2D eigenvalue weighted by atomic mass is 9.97. The second kappa shape index (κ2) is 8.65. The summed E-state index contributed by atoms with van der Waals surface area (Å²) in [5.74, 6) is -0.0653. The molecule has 0 unspecified atom stereocenters. The maximum absolute atomic E-state index is 12.5. The van der Waals surface area contributed by atoms with Crippen LogP contribution in [0.25, 0.3) is 0 Å². The monoisotopic (exact) mass is 342 g/mol. The molecule has 3 rings (SSSR count). The van der Waals surface area contributed by atoms with Crippen LogP contribution in [0.1, 0.15) is 42.6 Å². The van der Waals surface area contributed by atoms with Crippen LogP contribution in [0.2, 0.25) is 0 Å². The number of rotatable bonds is 6. The van der Waals surface area contributed by atoms with Gasteiger partial charge >= 0.3 is 0 Å². The fourth-order valence-electron chi connectivity index (χ4n) is 3.32. The molecule has 6 nitrogen and oxygen atoms in total. The van der Waals surface area contributed by atoms with Crippen molar-refractivity contribution >= 4 is 18.0 Å². The molecule has 0 atom stereocenters. The number of nitrogens with zero attached hydrogens (tertiary/aromatic N) is 3. The van der Waals surface area contributed by atoms with E-state index in [1.54, 1.807) is 27.6 Å². The molecule has 134 valence electrons. The quantitative estimate of drug-likeness (QED) is 0.636. The van der Waals surface area contributed by atoms with Crippen LogP contribution < -0.4 is 5.32 Å². The number of anilines is 1. The lowest BCUT2D eigenvalue weighted by molar-refractivity contribution is -0.119. The molecular weight excluding hydrogens is 316 g/mol. The molecule has 6 heteroatoms. The lowest BCUT2D eigenvalue weighted by Gasteiger charge is -2.32. The van der Waals surface area contributed by atoms with Crippen LogP contribution in [-0.4, -0.2) is 59.8 Å². The van der Waals surface area contributed by atoms with Crippen molar-refractivity contribution in [2.24, 2.45) is 0 Å². The maximum atomic E-state index is 12.5. The zero-order valence-corrected chi connectivity index (χ0v) is 14.6. The van der Waals surface area contributed by atoms with E-state index in [1.165, 1.54) is 25.7 Å². The van der Waals surface area contributed by atoms with E-state index in [0.717, 1.165) is 25.1 Å². The van der Waals surface area contributed by atoms with E-state index in [-0.39, 0.29) is 5.91 Å². The summed E-state index contributed by atoms with van der Waals surface area (Å²) in [6.07, 6.45) is 11.1. The van der Waals surface area contributed by atoms with E-state index in [9.17, 15) is 9.59 Å². The Kier molecular flexibility index (Phi) is 6.04. The Morgan fingerprint density at radius 3 is 2.68 bits per heavy atom. The van der Waals surface area contributed by atoms with Crippen molar-refractivity contribution in [3.8, 4) is 0 Å². The van der Waals surface area contributed by atoms with Crippen LogP contribution in [0.4, 0.5) is 5.69 Å². The van der Waals surface area contributed by atoms with Crippen molar-refractivity contribution in [3.05, 3.63) is 35.7 Å². The SMILES string of the molecule is O=CN1CCN(C(=O)c2ccc(NCCC3=CCCCC3)cn2)CC1. The second-order valence-corrected chi connectivity index (χ2v) is 6.65. The van der Waals surface area contributed by atoms with Crippen LogP contribution in [0.5, 0.6) is 0 Å². The molecule has 2 aliphatic rings. The molecule has 2 heterocycles. The number of allylic oxidation sites excluding steroid dienone is 1. The van der Waals surface area contributed by atoms with E-state index in [0.29, 0.717) is 31.9 Å². The topological polar surface area (TPSA) is 65.5 Å². The Morgan fingerprint density at radius 1 is 1.20 bits per heavy atom. The Morgan fingerprint density at radius 2 is 2.04 bits per heavy atom. The fourth-order valence-corrected chi connectivity index (χ4v) is 3.32. The molecule has 0 radical (unpaired) electrons. The third-order valence-corrected chi connectivity index (χ3v) is 4.89. The molecule has 1 saturated heterocycles. The molecule has 1 N–H and O–H groups in total. The lowest BCUT2D eigenvalue weighted by Crippen LogP contribution is -2.48. The van der Waals surface area contributed by atoms with Crippen molar-refractivity contribution in [2.75, 3.05) is 38.0 Å². The van der Waals surface area contributed by atoms with Crippen LogP contribution >= 0.6 is 0 Å². The Hall–Kier alpha value is -2.37. The fraction of sp³-hybridized carbons (Fsp3) is 0.526. The van der Waals surface area contributed by atoms with Gasteiger partial charge in [-0.2, -0.15) is 0 Å². The van der Waals surface area contributed by atoms with Crippen molar-refractivity contribution < 1.29 is 9.59 Å². The van der Waals surface area contributed by atoms with Gasteiger partial charge in [0.1, 0.15) is 5.69 Å². The summed E-state index contributed by atoms with van der Waals surface area (Å²) in [5, 5.41) is 3.38. The molecule has 1 aliphatic heterocycles. The van der Waals surface area contributed by atoms with Gasteiger partial charge in [-0.3, -0.25) is 9.59 Å². The number of hydrogen-bond acceptors (Lipinski definition) is 4. The summed E-state index contributed by atoms with van der Waals surface area (Å²) in [7, 11) is 0. The van der Waals surface area contributed by atoms with Crippen molar-refractivity contribution in [3.63, 3.8) is 0 Å². The van der Waals surface area contributed by atoms with E-state index in [1.807, 2.05) is 6.07 Å². The molecular formula is C19H26N4O2. The minimum Gasteiger partial charge on any atom is -0.383 e. The minimum atomic E-state index is -0.0653. The molecule has 25 heavy (non-hydrogen) atoms. The van der Waals surface area contributed by atoms with Gasteiger partial charge in [-0.1, -0.05) is 11.6 Å². The number of hydrogen-bond donors (Lipinski definition) is 1. The van der Waals surface area contributed by atoms with Gasteiger partial charge in [0.2, 0.25) is 6.41 Å². The van der Waals surface area contributed by atoms with Gasteiger partial charge in [-0.05, 0) is 44.2 Å². The predicted octanol–water partition coefficient (Wildman–Crippen LogP) is 2.30. The summed E-state index contributed by atoms with van der Waals surface area (Å²) >= 11 is 0. The molecule has 0 spiro atoms. The summed E-state index contributed by atoms with van der Waals surface area (Å²) in [5.41, 5.74) is 2.95. The first kappa shape index (κ1) is 17.5. The Balaban J connectivity index is 1.47.